The van der Waals surface area contributed by atoms with Gasteiger partial charge < -0.3 is 26.2 Å². The summed E-state index contributed by atoms with van der Waals surface area (Å²) in [5, 5.41) is 32.5. The van der Waals surface area contributed by atoms with Crippen LogP contribution in [0.15, 0.2) is 24.4 Å². The average Bonchev–Trinajstić information content (AvgIpc) is 2.38. The van der Waals surface area contributed by atoms with Crippen LogP contribution in [0.3, 0.4) is 0 Å². The molecule has 0 saturated carbocycles. The minimum Gasteiger partial charge on any atom is -0.479 e. The van der Waals surface area contributed by atoms with E-state index in [1.165, 1.54) is 0 Å². The van der Waals surface area contributed by atoms with Crippen molar-refractivity contribution in [3.63, 3.8) is 0 Å². The van der Waals surface area contributed by atoms with E-state index in [1.54, 1.807) is 6.20 Å². The van der Waals surface area contributed by atoms with Crippen LogP contribution in [-0.4, -0.2) is 49.6 Å². The normalized spacial score (nSPS) is 14.5. The van der Waals surface area contributed by atoms with E-state index in [2.05, 4.69) is 4.98 Å². The topological polar surface area (TPSA) is 154 Å². The van der Waals surface area contributed by atoms with E-state index < -0.39 is 24.1 Å². The number of hydrogen-bond acceptors (Lipinski definition) is 6. The first-order chi connectivity index (χ1) is 8.77. The predicted octanol–water partition coefficient (Wildman–Crippen LogP) is -1.02. The highest BCUT2D eigenvalue weighted by molar-refractivity contribution is 5.83. The van der Waals surface area contributed by atoms with Gasteiger partial charge in [-0.15, -0.1) is 0 Å². The highest BCUT2D eigenvalue weighted by Gasteiger charge is 2.29. The molecule has 0 amide bonds. The van der Waals surface area contributed by atoms with Crippen LogP contribution in [0.1, 0.15) is 18.7 Å². The summed E-state index contributed by atoms with van der Waals surface area (Å²) < 4.78 is 0. The van der Waals surface area contributed by atoms with Gasteiger partial charge in [-0.3, -0.25) is 4.98 Å². The van der Waals surface area contributed by atoms with Crippen molar-refractivity contribution < 1.29 is 30.0 Å². The largest absolute Gasteiger partial charge is 0.479 e. The summed E-state index contributed by atoms with van der Waals surface area (Å²) in [6.45, 7) is 1.92. The van der Waals surface area contributed by atoms with Crippen LogP contribution < -0.4 is 5.73 Å². The number of aliphatic hydroxyl groups is 2. The molecule has 0 aromatic carbocycles. The van der Waals surface area contributed by atoms with E-state index in [9.17, 15) is 9.59 Å². The summed E-state index contributed by atoms with van der Waals surface area (Å²) in [5.74, 6) is -3.54. The van der Waals surface area contributed by atoms with E-state index in [0.717, 1.165) is 5.69 Å². The monoisotopic (exact) mass is 272 g/mol. The second-order valence-corrected chi connectivity index (χ2v) is 3.61. The van der Waals surface area contributed by atoms with Gasteiger partial charge in [-0.2, -0.15) is 0 Å². The molecule has 8 nitrogen and oxygen atoms in total. The van der Waals surface area contributed by atoms with Gasteiger partial charge in [0.1, 0.15) is 0 Å². The van der Waals surface area contributed by atoms with E-state index >= 15 is 0 Å². The number of pyridine rings is 1. The maximum Gasteiger partial charge on any atom is 0.335 e. The van der Waals surface area contributed by atoms with Crippen LogP contribution in [0.2, 0.25) is 0 Å². The molecule has 8 heteroatoms. The number of carboxylic acids is 2. The third-order valence-electron chi connectivity index (χ3n) is 1.96. The maximum atomic E-state index is 9.77. The van der Waals surface area contributed by atoms with Crippen molar-refractivity contribution in [1.82, 2.24) is 4.98 Å². The smallest absolute Gasteiger partial charge is 0.335 e. The fraction of sp³-hybridized carbons (Fsp3) is 0.364. The molecule has 106 valence electrons. The van der Waals surface area contributed by atoms with Crippen LogP contribution in [0, 0.1) is 0 Å². The molecular weight excluding hydrogens is 256 g/mol. The van der Waals surface area contributed by atoms with Crippen molar-refractivity contribution in [3.8, 4) is 0 Å². The fourth-order valence-electron chi connectivity index (χ4n) is 0.915. The Morgan fingerprint density at radius 1 is 1.16 bits per heavy atom. The molecule has 0 aliphatic heterocycles. The summed E-state index contributed by atoms with van der Waals surface area (Å²) in [7, 11) is 0. The zero-order valence-corrected chi connectivity index (χ0v) is 10.2. The molecule has 1 aromatic rings. The van der Waals surface area contributed by atoms with Crippen molar-refractivity contribution in [1.29, 1.82) is 0 Å². The Hall–Kier alpha value is -2.03. The van der Waals surface area contributed by atoms with E-state index in [0.29, 0.717) is 0 Å². The lowest BCUT2D eigenvalue weighted by molar-refractivity contribution is -0.165. The first-order valence-electron chi connectivity index (χ1n) is 5.25. The van der Waals surface area contributed by atoms with Crippen molar-refractivity contribution in [3.05, 3.63) is 30.1 Å². The van der Waals surface area contributed by atoms with E-state index in [4.69, 9.17) is 26.2 Å². The van der Waals surface area contributed by atoms with Gasteiger partial charge in [0, 0.05) is 12.2 Å². The van der Waals surface area contributed by atoms with Crippen molar-refractivity contribution in [2.24, 2.45) is 5.73 Å². The molecule has 0 spiro atoms. The summed E-state index contributed by atoms with van der Waals surface area (Å²) >= 11 is 0. The molecule has 3 unspecified atom stereocenters. The summed E-state index contributed by atoms with van der Waals surface area (Å²) in [6.07, 6.45) is -2.78. The third kappa shape index (κ3) is 6.46. The lowest BCUT2D eigenvalue weighted by Gasteiger charge is -2.07. The molecule has 1 aromatic heterocycles. The third-order valence-corrected chi connectivity index (χ3v) is 1.96. The lowest BCUT2D eigenvalue weighted by Crippen LogP contribution is -2.39. The molecule has 0 bridgehead atoms. The van der Waals surface area contributed by atoms with Gasteiger partial charge in [0.15, 0.2) is 12.2 Å². The number of aromatic nitrogens is 1. The van der Waals surface area contributed by atoms with E-state index in [-0.39, 0.29) is 6.04 Å². The molecule has 0 radical (unpaired) electrons. The number of nitrogens with two attached hydrogens (primary N) is 1. The molecule has 1 heterocycles. The van der Waals surface area contributed by atoms with Gasteiger partial charge >= 0.3 is 11.9 Å². The standard InChI is InChI=1S/C7H10N2.C4H6O6/c1-6(8)7-4-2-3-5-9-7;5-1(3(7)8)2(6)4(9)10/h2-6H,8H2,1H3;1-2,5-6H,(H,7,8)(H,9,10). The Morgan fingerprint density at radius 3 is 1.84 bits per heavy atom. The number of rotatable bonds is 4. The van der Waals surface area contributed by atoms with Crippen LogP contribution in [0.25, 0.3) is 0 Å². The highest BCUT2D eigenvalue weighted by atomic mass is 16.4. The highest BCUT2D eigenvalue weighted by Crippen LogP contribution is 2.02. The quantitative estimate of drug-likeness (QED) is 0.466. The van der Waals surface area contributed by atoms with Gasteiger partial charge in [-0.05, 0) is 19.1 Å². The van der Waals surface area contributed by atoms with Crippen LogP contribution >= 0.6 is 0 Å². The Bertz CT molecular complexity index is 391. The van der Waals surface area contributed by atoms with Gasteiger partial charge in [0.25, 0.3) is 0 Å². The Labute approximate surface area is 109 Å². The first-order valence-corrected chi connectivity index (χ1v) is 5.25. The number of carbonyl (C=O) groups is 2. The van der Waals surface area contributed by atoms with Gasteiger partial charge in [0.05, 0.1) is 5.69 Å². The number of aliphatic hydroxyl groups excluding tert-OH is 2. The zero-order chi connectivity index (χ0) is 15.0. The molecule has 1 rings (SSSR count). The van der Waals surface area contributed by atoms with Crippen molar-refractivity contribution in [2.75, 3.05) is 0 Å². The SMILES string of the molecule is CC(N)c1ccccn1.O=C(O)C(O)C(O)C(=O)O. The van der Waals surface area contributed by atoms with Crippen LogP contribution in [-0.2, 0) is 9.59 Å². The molecule has 0 aliphatic rings. The minimum atomic E-state index is -2.27. The van der Waals surface area contributed by atoms with Gasteiger partial charge in [-0.25, -0.2) is 9.59 Å². The molecule has 6 N–H and O–H groups in total. The summed E-state index contributed by atoms with van der Waals surface area (Å²) in [6, 6.07) is 5.79. The van der Waals surface area contributed by atoms with Gasteiger partial charge in [-0.1, -0.05) is 6.07 Å². The van der Waals surface area contributed by atoms with E-state index in [1.807, 2.05) is 25.1 Å². The number of nitrogens with zero attached hydrogens (tertiary/aromatic N) is 1. The molecular formula is C11H16N2O6. The second-order valence-electron chi connectivity index (χ2n) is 3.61. The molecule has 0 fully saturated rings. The summed E-state index contributed by atoms with van der Waals surface area (Å²) in [4.78, 5) is 23.6. The fourth-order valence-corrected chi connectivity index (χ4v) is 0.915. The molecule has 3 atom stereocenters. The van der Waals surface area contributed by atoms with Crippen molar-refractivity contribution in [2.45, 2.75) is 25.2 Å². The number of hydrogen-bond donors (Lipinski definition) is 5. The average molecular weight is 272 g/mol. The minimum absolute atomic E-state index is 0.0474. The van der Waals surface area contributed by atoms with Crippen LogP contribution in [0.4, 0.5) is 0 Å². The first kappa shape index (κ1) is 17.0. The zero-order valence-electron chi connectivity index (χ0n) is 10.2. The van der Waals surface area contributed by atoms with Crippen molar-refractivity contribution >= 4 is 11.9 Å². The Morgan fingerprint density at radius 2 is 1.63 bits per heavy atom. The molecule has 19 heavy (non-hydrogen) atoms. The lowest BCUT2D eigenvalue weighted by atomic mass is 10.2. The van der Waals surface area contributed by atoms with Gasteiger partial charge in [0.2, 0.25) is 0 Å². The second kappa shape index (κ2) is 8.14. The van der Waals surface area contributed by atoms with Crippen LogP contribution in [0.5, 0.6) is 0 Å². The Balaban J connectivity index is 0.000000342. The summed E-state index contributed by atoms with van der Waals surface area (Å²) in [5.41, 5.74) is 6.49. The predicted molar refractivity (Wildman–Crippen MR) is 64.1 cm³/mol. The number of carboxylic acid groups (broad SMARTS) is 2. The molecule has 0 aliphatic carbocycles. The molecule has 0 saturated heterocycles. The maximum absolute atomic E-state index is 9.77. The number of aliphatic carboxylic acids is 2. The Kier molecular flexibility index (Phi) is 7.27.